The van der Waals surface area contributed by atoms with Crippen LogP contribution in [0.2, 0.25) is 0 Å². The zero-order valence-electron chi connectivity index (χ0n) is 18.5. The highest BCUT2D eigenvalue weighted by Gasteiger charge is 2.28. The molecule has 35 heavy (non-hydrogen) atoms. The van der Waals surface area contributed by atoms with Crippen molar-refractivity contribution in [2.75, 3.05) is 43.9 Å². The third-order valence-electron chi connectivity index (χ3n) is 5.31. The number of carbonyl (C=O) groups excluding carboxylic acids is 2. The number of anilines is 1. The van der Waals surface area contributed by atoms with Gasteiger partial charge < -0.3 is 23.4 Å². The number of rotatable bonds is 7. The minimum Gasteiger partial charge on any atom is -0.459 e. The highest BCUT2D eigenvalue weighted by Crippen LogP contribution is 2.29. The van der Waals surface area contributed by atoms with E-state index in [1.165, 1.54) is 41.1 Å². The second-order valence-electron chi connectivity index (χ2n) is 7.35. The smallest absolute Gasteiger partial charge is 0.345 e. The van der Waals surface area contributed by atoms with E-state index in [0.717, 1.165) is 0 Å². The summed E-state index contributed by atoms with van der Waals surface area (Å²) in [6.45, 7) is 0.763. The summed E-state index contributed by atoms with van der Waals surface area (Å²) in [5, 5.41) is 20.7. The number of nitro groups is 1. The highest BCUT2D eigenvalue weighted by atomic mass is 32.2. The number of hydrogen-bond acceptors (Lipinski definition) is 11. The molecule has 2 aromatic heterocycles. The molecule has 4 rings (SSSR count). The number of nitro benzene ring substituents is 1. The molecule has 1 amide bonds. The number of piperazine rings is 1. The zero-order chi connectivity index (χ0) is 24.9. The second kappa shape index (κ2) is 10.3. The SMILES string of the molecule is CSc1ccc([N+](=O)[O-])c(C(=O)OCC(=O)N2CCN(c3oc(-c4ccco4)nc3C#N)CC2)c1. The molecule has 1 aliphatic heterocycles. The van der Waals surface area contributed by atoms with Gasteiger partial charge in [0.25, 0.3) is 17.5 Å². The summed E-state index contributed by atoms with van der Waals surface area (Å²) in [6, 6.07) is 9.49. The van der Waals surface area contributed by atoms with Gasteiger partial charge in [0.1, 0.15) is 11.6 Å². The Labute approximate surface area is 203 Å². The minimum absolute atomic E-state index is 0.110. The van der Waals surface area contributed by atoms with Crippen LogP contribution in [0.5, 0.6) is 0 Å². The van der Waals surface area contributed by atoms with Crippen molar-refractivity contribution >= 4 is 35.2 Å². The first kappa shape index (κ1) is 23.8. The lowest BCUT2D eigenvalue weighted by molar-refractivity contribution is -0.385. The molecule has 1 fully saturated rings. The number of nitriles is 1. The Morgan fingerprint density at radius 1 is 1.29 bits per heavy atom. The first-order valence-electron chi connectivity index (χ1n) is 10.4. The van der Waals surface area contributed by atoms with Crippen molar-refractivity contribution in [1.29, 1.82) is 5.26 Å². The molecular formula is C22H19N5O7S. The van der Waals surface area contributed by atoms with Crippen molar-refractivity contribution < 1.29 is 28.1 Å². The van der Waals surface area contributed by atoms with Crippen molar-refractivity contribution in [2.24, 2.45) is 0 Å². The fraction of sp³-hybridized carbons (Fsp3) is 0.273. The molecule has 0 spiro atoms. The number of aromatic nitrogens is 1. The molecule has 0 bridgehead atoms. The molecule has 1 aliphatic rings. The number of amides is 1. The average molecular weight is 497 g/mol. The Balaban J connectivity index is 1.35. The third kappa shape index (κ3) is 5.12. The quantitative estimate of drug-likeness (QED) is 0.205. The van der Waals surface area contributed by atoms with Crippen LogP contribution in [0.3, 0.4) is 0 Å². The number of thioether (sulfide) groups is 1. The Bertz CT molecular complexity index is 1290. The largest absolute Gasteiger partial charge is 0.459 e. The van der Waals surface area contributed by atoms with Crippen LogP contribution in [0.15, 0.2) is 50.3 Å². The van der Waals surface area contributed by atoms with Gasteiger partial charge in [0, 0.05) is 37.1 Å². The van der Waals surface area contributed by atoms with E-state index in [1.807, 2.05) is 6.07 Å². The number of nitrogens with zero attached hydrogens (tertiary/aromatic N) is 5. The van der Waals surface area contributed by atoms with E-state index in [1.54, 1.807) is 23.3 Å². The maximum atomic E-state index is 12.6. The van der Waals surface area contributed by atoms with Crippen LogP contribution >= 0.6 is 11.8 Å². The number of furan rings is 1. The van der Waals surface area contributed by atoms with Crippen molar-refractivity contribution in [3.8, 4) is 17.7 Å². The maximum absolute atomic E-state index is 12.6. The third-order valence-corrected chi connectivity index (χ3v) is 6.04. The molecule has 3 heterocycles. The molecule has 12 nitrogen and oxygen atoms in total. The molecular weight excluding hydrogens is 478 g/mol. The van der Waals surface area contributed by atoms with E-state index in [2.05, 4.69) is 4.98 Å². The molecule has 0 saturated carbocycles. The topological polar surface area (TPSA) is 156 Å². The Hall–Kier alpha value is -4.31. The van der Waals surface area contributed by atoms with Crippen LogP contribution in [-0.2, 0) is 9.53 Å². The summed E-state index contributed by atoms with van der Waals surface area (Å²) < 4.78 is 16.1. The standard InChI is InChI=1S/C22H19N5O7S/c1-35-14-4-5-17(27(30)31)15(11-14)22(29)33-13-19(28)25-6-8-26(9-7-25)21-16(12-23)24-20(34-21)18-3-2-10-32-18/h2-5,10-11H,6-9,13H2,1H3. The van der Waals surface area contributed by atoms with Gasteiger partial charge in [0.15, 0.2) is 12.4 Å². The lowest BCUT2D eigenvalue weighted by Crippen LogP contribution is -2.50. The minimum atomic E-state index is -0.939. The lowest BCUT2D eigenvalue weighted by atomic mass is 10.2. The van der Waals surface area contributed by atoms with Gasteiger partial charge in [-0.15, -0.1) is 11.8 Å². The zero-order valence-corrected chi connectivity index (χ0v) is 19.3. The monoisotopic (exact) mass is 497 g/mol. The number of oxazole rings is 1. The van der Waals surface area contributed by atoms with Crippen LogP contribution in [-0.4, -0.2) is 65.7 Å². The van der Waals surface area contributed by atoms with E-state index in [0.29, 0.717) is 42.7 Å². The number of benzene rings is 1. The second-order valence-corrected chi connectivity index (χ2v) is 8.23. The number of carbonyl (C=O) groups is 2. The Kier molecular flexibility index (Phi) is 7.02. The summed E-state index contributed by atoms with van der Waals surface area (Å²) >= 11 is 1.32. The van der Waals surface area contributed by atoms with Gasteiger partial charge in [-0.2, -0.15) is 10.2 Å². The number of esters is 1. The lowest BCUT2D eigenvalue weighted by Gasteiger charge is -2.34. The normalized spacial score (nSPS) is 13.4. The molecule has 3 aromatic rings. The average Bonchev–Trinajstić information content (AvgIpc) is 3.56. The van der Waals surface area contributed by atoms with Gasteiger partial charge in [-0.3, -0.25) is 14.9 Å². The molecule has 0 atom stereocenters. The molecule has 1 aromatic carbocycles. The highest BCUT2D eigenvalue weighted by molar-refractivity contribution is 7.98. The van der Waals surface area contributed by atoms with Crippen molar-refractivity contribution in [3.63, 3.8) is 0 Å². The molecule has 0 aliphatic carbocycles. The summed E-state index contributed by atoms with van der Waals surface area (Å²) in [5.41, 5.74) is -0.483. The molecule has 1 saturated heterocycles. The van der Waals surface area contributed by atoms with Crippen molar-refractivity contribution in [2.45, 2.75) is 4.90 Å². The number of ether oxygens (including phenoxy) is 1. The Morgan fingerprint density at radius 2 is 2.06 bits per heavy atom. The first-order chi connectivity index (χ1) is 16.9. The Morgan fingerprint density at radius 3 is 2.69 bits per heavy atom. The van der Waals surface area contributed by atoms with E-state index < -0.39 is 23.4 Å². The van der Waals surface area contributed by atoms with Crippen LogP contribution in [0.25, 0.3) is 11.7 Å². The summed E-state index contributed by atoms with van der Waals surface area (Å²) in [5.74, 6) is -0.502. The summed E-state index contributed by atoms with van der Waals surface area (Å²) in [7, 11) is 0. The molecule has 0 unspecified atom stereocenters. The molecule has 0 radical (unpaired) electrons. The van der Waals surface area contributed by atoms with Crippen LogP contribution in [0.1, 0.15) is 16.1 Å². The predicted octanol–water partition coefficient (Wildman–Crippen LogP) is 2.94. The van der Waals surface area contributed by atoms with Gasteiger partial charge in [0.05, 0.1) is 11.2 Å². The van der Waals surface area contributed by atoms with Gasteiger partial charge in [-0.1, -0.05) is 0 Å². The van der Waals surface area contributed by atoms with E-state index >= 15 is 0 Å². The van der Waals surface area contributed by atoms with Gasteiger partial charge in [-0.05, 0) is 30.5 Å². The van der Waals surface area contributed by atoms with Crippen LogP contribution in [0, 0.1) is 21.4 Å². The fourth-order valence-electron chi connectivity index (χ4n) is 3.52. The molecule has 180 valence electrons. The van der Waals surface area contributed by atoms with Crippen LogP contribution in [0.4, 0.5) is 11.6 Å². The first-order valence-corrected chi connectivity index (χ1v) is 11.6. The van der Waals surface area contributed by atoms with E-state index in [9.17, 15) is 25.0 Å². The molecule has 13 heteroatoms. The fourth-order valence-corrected chi connectivity index (χ4v) is 3.96. The van der Waals surface area contributed by atoms with Crippen molar-refractivity contribution in [1.82, 2.24) is 9.88 Å². The van der Waals surface area contributed by atoms with Gasteiger partial charge >= 0.3 is 5.97 Å². The van der Waals surface area contributed by atoms with Crippen molar-refractivity contribution in [3.05, 3.63) is 58.0 Å². The molecule has 0 N–H and O–H groups in total. The van der Waals surface area contributed by atoms with E-state index in [4.69, 9.17) is 13.6 Å². The number of hydrogen-bond donors (Lipinski definition) is 0. The maximum Gasteiger partial charge on any atom is 0.345 e. The van der Waals surface area contributed by atoms with Gasteiger partial charge in [0.2, 0.25) is 11.6 Å². The van der Waals surface area contributed by atoms with E-state index in [-0.39, 0.29) is 22.8 Å². The van der Waals surface area contributed by atoms with Gasteiger partial charge in [-0.25, -0.2) is 4.79 Å². The predicted molar refractivity (Wildman–Crippen MR) is 123 cm³/mol. The summed E-state index contributed by atoms with van der Waals surface area (Å²) in [4.78, 5) is 43.8. The van der Waals surface area contributed by atoms with Crippen LogP contribution < -0.4 is 4.90 Å². The summed E-state index contributed by atoms with van der Waals surface area (Å²) in [6.07, 6.45) is 3.25.